The molecule has 1 aromatic rings. The molecule has 2 atom stereocenters. The highest BCUT2D eigenvalue weighted by Gasteiger charge is 2.17. The predicted molar refractivity (Wildman–Crippen MR) is 77.8 cm³/mol. The molecule has 1 heterocycles. The van der Waals surface area contributed by atoms with Crippen molar-refractivity contribution in [3.05, 3.63) is 35.6 Å². The van der Waals surface area contributed by atoms with E-state index in [1.165, 1.54) is 43.6 Å². The Bertz CT molecular complexity index is 377. The van der Waals surface area contributed by atoms with Crippen LogP contribution >= 0.6 is 0 Å². The van der Waals surface area contributed by atoms with E-state index >= 15 is 0 Å². The highest BCUT2D eigenvalue weighted by molar-refractivity contribution is 5.16. The highest BCUT2D eigenvalue weighted by Crippen LogP contribution is 2.14. The van der Waals surface area contributed by atoms with Crippen LogP contribution in [0, 0.1) is 11.7 Å². The van der Waals surface area contributed by atoms with E-state index in [-0.39, 0.29) is 5.82 Å². The zero-order chi connectivity index (χ0) is 13.7. The van der Waals surface area contributed by atoms with Crippen molar-refractivity contribution in [1.82, 2.24) is 10.2 Å². The van der Waals surface area contributed by atoms with Crippen LogP contribution in [0.25, 0.3) is 0 Å². The van der Waals surface area contributed by atoms with Gasteiger partial charge in [-0.25, -0.2) is 4.39 Å². The second kappa shape index (κ2) is 7.01. The van der Waals surface area contributed by atoms with E-state index < -0.39 is 0 Å². The quantitative estimate of drug-likeness (QED) is 0.879. The standard InChI is InChI=1S/C16H25FN2/c1-13(10-14-5-7-16(17)8-6-14)18-11-15-4-3-9-19(2)12-15/h5-8,13,15,18H,3-4,9-12H2,1-2H3. The smallest absolute Gasteiger partial charge is 0.123 e. The van der Waals surface area contributed by atoms with Gasteiger partial charge in [0.25, 0.3) is 0 Å². The molecule has 0 amide bonds. The van der Waals surface area contributed by atoms with Crippen LogP contribution in [0.15, 0.2) is 24.3 Å². The van der Waals surface area contributed by atoms with Gasteiger partial charge in [-0.15, -0.1) is 0 Å². The van der Waals surface area contributed by atoms with Gasteiger partial charge in [-0.05, 0) is 69.9 Å². The summed E-state index contributed by atoms with van der Waals surface area (Å²) in [6.07, 6.45) is 3.61. The molecule has 1 fully saturated rings. The molecule has 1 aliphatic rings. The zero-order valence-electron chi connectivity index (χ0n) is 12.0. The van der Waals surface area contributed by atoms with E-state index in [1.807, 2.05) is 12.1 Å². The van der Waals surface area contributed by atoms with E-state index in [9.17, 15) is 4.39 Å². The molecule has 106 valence electrons. The minimum Gasteiger partial charge on any atom is -0.314 e. The first-order valence-electron chi connectivity index (χ1n) is 7.30. The first-order valence-corrected chi connectivity index (χ1v) is 7.30. The third kappa shape index (κ3) is 4.92. The first-order chi connectivity index (χ1) is 9.13. The number of piperidine rings is 1. The summed E-state index contributed by atoms with van der Waals surface area (Å²) in [6.45, 7) is 5.74. The van der Waals surface area contributed by atoms with Crippen LogP contribution in [0.3, 0.4) is 0 Å². The Hall–Kier alpha value is -0.930. The predicted octanol–water partition coefficient (Wildman–Crippen LogP) is 2.69. The molecule has 19 heavy (non-hydrogen) atoms. The summed E-state index contributed by atoms with van der Waals surface area (Å²) in [5, 5.41) is 3.62. The zero-order valence-corrected chi connectivity index (χ0v) is 12.0. The number of likely N-dealkylation sites (tertiary alicyclic amines) is 1. The lowest BCUT2D eigenvalue weighted by Gasteiger charge is -2.30. The number of halogens is 1. The Balaban J connectivity index is 1.72. The van der Waals surface area contributed by atoms with Crippen LogP contribution in [0.4, 0.5) is 4.39 Å². The molecule has 2 unspecified atom stereocenters. The number of nitrogens with zero attached hydrogens (tertiary/aromatic N) is 1. The van der Waals surface area contributed by atoms with Gasteiger partial charge in [0.2, 0.25) is 0 Å². The molecule has 3 heteroatoms. The molecule has 0 radical (unpaired) electrons. The fourth-order valence-corrected chi connectivity index (χ4v) is 2.85. The van der Waals surface area contributed by atoms with Gasteiger partial charge < -0.3 is 10.2 Å². The Morgan fingerprint density at radius 2 is 2.11 bits per heavy atom. The molecule has 0 aliphatic carbocycles. The molecule has 0 saturated carbocycles. The molecule has 1 aliphatic heterocycles. The third-order valence-electron chi connectivity index (χ3n) is 3.93. The summed E-state index contributed by atoms with van der Waals surface area (Å²) < 4.78 is 12.8. The minimum atomic E-state index is -0.158. The molecule has 0 spiro atoms. The van der Waals surface area contributed by atoms with Crippen LogP contribution in [-0.4, -0.2) is 37.6 Å². The summed E-state index contributed by atoms with van der Waals surface area (Å²) in [7, 11) is 2.20. The largest absolute Gasteiger partial charge is 0.314 e. The van der Waals surface area contributed by atoms with Gasteiger partial charge in [0.15, 0.2) is 0 Å². The summed E-state index contributed by atoms with van der Waals surface area (Å²) in [5.74, 6) is 0.615. The Morgan fingerprint density at radius 3 is 2.79 bits per heavy atom. The molecule has 1 aromatic carbocycles. The maximum Gasteiger partial charge on any atom is 0.123 e. The molecule has 2 nitrogen and oxygen atoms in total. The fourth-order valence-electron chi connectivity index (χ4n) is 2.85. The maximum atomic E-state index is 12.8. The van der Waals surface area contributed by atoms with Crippen molar-refractivity contribution in [3.63, 3.8) is 0 Å². The van der Waals surface area contributed by atoms with Gasteiger partial charge >= 0.3 is 0 Å². The lowest BCUT2D eigenvalue weighted by atomic mass is 9.98. The summed E-state index contributed by atoms with van der Waals surface area (Å²) in [6, 6.07) is 7.28. The average Bonchev–Trinajstić information content (AvgIpc) is 2.39. The lowest BCUT2D eigenvalue weighted by Crippen LogP contribution is -2.40. The highest BCUT2D eigenvalue weighted by atomic mass is 19.1. The molecular formula is C16H25FN2. The van der Waals surface area contributed by atoms with Gasteiger partial charge in [0, 0.05) is 12.6 Å². The molecule has 2 rings (SSSR count). The van der Waals surface area contributed by atoms with Crippen molar-refractivity contribution in [2.24, 2.45) is 5.92 Å². The van der Waals surface area contributed by atoms with E-state index in [4.69, 9.17) is 0 Å². The van der Waals surface area contributed by atoms with Crippen LogP contribution < -0.4 is 5.32 Å². The van der Waals surface area contributed by atoms with Crippen molar-refractivity contribution < 1.29 is 4.39 Å². The fraction of sp³-hybridized carbons (Fsp3) is 0.625. The lowest BCUT2D eigenvalue weighted by molar-refractivity contribution is 0.203. The van der Waals surface area contributed by atoms with Crippen molar-refractivity contribution in [1.29, 1.82) is 0 Å². The average molecular weight is 264 g/mol. The SMILES string of the molecule is CC(Cc1ccc(F)cc1)NCC1CCCN(C)C1. The van der Waals surface area contributed by atoms with Crippen molar-refractivity contribution in [2.75, 3.05) is 26.7 Å². The monoisotopic (exact) mass is 264 g/mol. The molecule has 1 N–H and O–H groups in total. The third-order valence-corrected chi connectivity index (χ3v) is 3.93. The van der Waals surface area contributed by atoms with Gasteiger partial charge in [-0.3, -0.25) is 0 Å². The molecule has 0 bridgehead atoms. The Morgan fingerprint density at radius 1 is 1.37 bits per heavy atom. The molecule has 1 saturated heterocycles. The van der Waals surface area contributed by atoms with Crippen LogP contribution in [-0.2, 0) is 6.42 Å². The normalized spacial score (nSPS) is 22.4. The summed E-state index contributed by atoms with van der Waals surface area (Å²) in [5.41, 5.74) is 1.20. The van der Waals surface area contributed by atoms with E-state index in [0.29, 0.717) is 6.04 Å². The summed E-state index contributed by atoms with van der Waals surface area (Å²) in [4.78, 5) is 2.42. The topological polar surface area (TPSA) is 15.3 Å². The van der Waals surface area contributed by atoms with Crippen molar-refractivity contribution in [2.45, 2.75) is 32.2 Å². The van der Waals surface area contributed by atoms with Crippen LogP contribution in [0.5, 0.6) is 0 Å². The van der Waals surface area contributed by atoms with E-state index in [1.54, 1.807) is 0 Å². The second-order valence-electron chi connectivity index (χ2n) is 5.91. The van der Waals surface area contributed by atoms with Crippen LogP contribution in [0.2, 0.25) is 0 Å². The molecule has 0 aromatic heterocycles. The Labute approximate surface area is 116 Å². The maximum absolute atomic E-state index is 12.8. The van der Waals surface area contributed by atoms with Crippen molar-refractivity contribution >= 4 is 0 Å². The Kier molecular flexibility index (Phi) is 5.34. The number of benzene rings is 1. The van der Waals surface area contributed by atoms with E-state index in [0.717, 1.165) is 18.9 Å². The minimum absolute atomic E-state index is 0.158. The first kappa shape index (κ1) is 14.5. The molecular weight excluding hydrogens is 239 g/mol. The van der Waals surface area contributed by atoms with Gasteiger partial charge in [0.05, 0.1) is 0 Å². The van der Waals surface area contributed by atoms with Gasteiger partial charge in [-0.2, -0.15) is 0 Å². The number of nitrogens with one attached hydrogen (secondary N) is 1. The van der Waals surface area contributed by atoms with E-state index in [2.05, 4.69) is 24.2 Å². The van der Waals surface area contributed by atoms with Crippen LogP contribution in [0.1, 0.15) is 25.3 Å². The number of rotatable bonds is 5. The second-order valence-corrected chi connectivity index (χ2v) is 5.91. The van der Waals surface area contributed by atoms with Crippen molar-refractivity contribution in [3.8, 4) is 0 Å². The van der Waals surface area contributed by atoms with Gasteiger partial charge in [-0.1, -0.05) is 12.1 Å². The summed E-state index contributed by atoms with van der Waals surface area (Å²) >= 11 is 0. The van der Waals surface area contributed by atoms with Gasteiger partial charge in [0.1, 0.15) is 5.82 Å². The number of hydrogen-bond donors (Lipinski definition) is 1. The number of hydrogen-bond acceptors (Lipinski definition) is 2.